The number of fused-ring (bicyclic) bond motifs is 1. The van der Waals surface area contributed by atoms with E-state index in [2.05, 4.69) is 51.8 Å². The third kappa shape index (κ3) is 4.52. The first-order chi connectivity index (χ1) is 16.1. The van der Waals surface area contributed by atoms with Crippen LogP contribution in [0.3, 0.4) is 0 Å². The monoisotopic (exact) mass is 439 g/mol. The zero-order valence-corrected chi connectivity index (χ0v) is 19.1. The van der Waals surface area contributed by atoms with Crippen molar-refractivity contribution >= 4 is 23.9 Å². The standard InChI is InChI=1S/C27H29N5O/c1-18-4-3-5-23(29-18)24-16-21-10-13-28-25(17-33)26(21)27(31-24)30-22-8-6-19(7-9-22)20-11-14-32(2)15-12-20/h3-10,13,16-17,20,25,28H,11-12,14-15H2,1-2H3,(H,30,31). The number of carbonyl (C=O) groups is 1. The molecular weight excluding hydrogens is 410 g/mol. The molecule has 3 aromatic rings. The summed E-state index contributed by atoms with van der Waals surface area (Å²) in [6.45, 7) is 4.27. The first-order valence-electron chi connectivity index (χ1n) is 11.5. The predicted molar refractivity (Wildman–Crippen MR) is 132 cm³/mol. The summed E-state index contributed by atoms with van der Waals surface area (Å²) in [6, 6.07) is 16.1. The average molecular weight is 440 g/mol. The molecule has 168 valence electrons. The smallest absolute Gasteiger partial charge is 0.146 e. The van der Waals surface area contributed by atoms with Gasteiger partial charge in [-0.25, -0.2) is 4.98 Å². The largest absolute Gasteiger partial charge is 0.378 e. The van der Waals surface area contributed by atoms with E-state index in [-0.39, 0.29) is 0 Å². The van der Waals surface area contributed by atoms with E-state index >= 15 is 0 Å². The summed E-state index contributed by atoms with van der Waals surface area (Å²) in [5.41, 5.74) is 6.68. The van der Waals surface area contributed by atoms with Crippen LogP contribution in [0.25, 0.3) is 17.5 Å². The van der Waals surface area contributed by atoms with Gasteiger partial charge in [0.1, 0.15) is 18.1 Å². The minimum Gasteiger partial charge on any atom is -0.378 e. The van der Waals surface area contributed by atoms with Crippen LogP contribution in [0.1, 0.15) is 47.2 Å². The van der Waals surface area contributed by atoms with Crippen LogP contribution < -0.4 is 10.6 Å². The molecule has 1 fully saturated rings. The Kier molecular flexibility index (Phi) is 5.92. The van der Waals surface area contributed by atoms with Gasteiger partial charge in [-0.05, 0) is 99.6 Å². The number of aldehydes is 1. The second kappa shape index (κ2) is 9.16. The molecule has 0 bridgehead atoms. The first-order valence-corrected chi connectivity index (χ1v) is 11.5. The first kappa shape index (κ1) is 21.3. The summed E-state index contributed by atoms with van der Waals surface area (Å²) < 4.78 is 0. The number of hydrogen-bond donors (Lipinski definition) is 2. The van der Waals surface area contributed by atoms with E-state index in [1.807, 2.05) is 43.5 Å². The Hall–Kier alpha value is -3.51. The Morgan fingerprint density at radius 2 is 1.85 bits per heavy atom. The molecule has 2 N–H and O–H groups in total. The van der Waals surface area contributed by atoms with Crippen molar-refractivity contribution in [3.8, 4) is 11.4 Å². The van der Waals surface area contributed by atoms with Crippen molar-refractivity contribution in [2.45, 2.75) is 31.7 Å². The highest BCUT2D eigenvalue weighted by molar-refractivity contribution is 5.79. The summed E-state index contributed by atoms with van der Waals surface area (Å²) in [5, 5.41) is 6.61. The number of carbonyl (C=O) groups excluding carboxylic acids is 1. The number of pyridine rings is 2. The zero-order valence-electron chi connectivity index (χ0n) is 19.1. The third-order valence-electron chi connectivity index (χ3n) is 6.59. The highest BCUT2D eigenvalue weighted by Crippen LogP contribution is 2.34. The van der Waals surface area contributed by atoms with Gasteiger partial charge < -0.3 is 20.3 Å². The summed E-state index contributed by atoms with van der Waals surface area (Å²) in [5.74, 6) is 1.29. The van der Waals surface area contributed by atoms with Crippen LogP contribution in [0.5, 0.6) is 0 Å². The minimum atomic E-state index is -0.446. The molecule has 1 aromatic carbocycles. The normalized spacial score (nSPS) is 18.4. The maximum atomic E-state index is 11.8. The van der Waals surface area contributed by atoms with Crippen molar-refractivity contribution in [2.24, 2.45) is 0 Å². The van der Waals surface area contributed by atoms with Gasteiger partial charge in [-0.3, -0.25) is 4.98 Å². The van der Waals surface area contributed by atoms with Gasteiger partial charge in [-0.1, -0.05) is 18.2 Å². The predicted octanol–water partition coefficient (Wildman–Crippen LogP) is 4.82. The number of rotatable bonds is 5. The van der Waals surface area contributed by atoms with E-state index in [4.69, 9.17) is 4.98 Å². The maximum Gasteiger partial charge on any atom is 0.146 e. The summed E-state index contributed by atoms with van der Waals surface area (Å²) >= 11 is 0. The lowest BCUT2D eigenvalue weighted by molar-refractivity contribution is -0.109. The van der Waals surface area contributed by atoms with Crippen LogP contribution in [-0.2, 0) is 4.79 Å². The zero-order chi connectivity index (χ0) is 22.8. The van der Waals surface area contributed by atoms with Gasteiger partial charge in [0.15, 0.2) is 0 Å². The molecule has 1 unspecified atom stereocenters. The second-order valence-electron chi connectivity index (χ2n) is 8.96. The Bertz CT molecular complexity index is 1180. The Morgan fingerprint density at radius 1 is 1.06 bits per heavy atom. The number of nitrogens with one attached hydrogen (secondary N) is 2. The van der Waals surface area contributed by atoms with Gasteiger partial charge in [-0.2, -0.15) is 0 Å². The van der Waals surface area contributed by atoms with Gasteiger partial charge in [0.2, 0.25) is 0 Å². The molecule has 0 saturated carbocycles. The number of benzene rings is 1. The van der Waals surface area contributed by atoms with Crippen molar-refractivity contribution in [2.75, 3.05) is 25.5 Å². The quantitative estimate of drug-likeness (QED) is 0.556. The molecule has 2 aliphatic rings. The third-order valence-corrected chi connectivity index (χ3v) is 6.59. The van der Waals surface area contributed by atoms with Crippen LogP contribution in [0.2, 0.25) is 0 Å². The Balaban J connectivity index is 1.48. The van der Waals surface area contributed by atoms with Crippen LogP contribution in [0.15, 0.2) is 54.7 Å². The van der Waals surface area contributed by atoms with E-state index < -0.39 is 6.04 Å². The summed E-state index contributed by atoms with van der Waals surface area (Å²) in [4.78, 5) is 23.7. The molecule has 1 atom stereocenters. The van der Waals surface area contributed by atoms with E-state index in [0.29, 0.717) is 11.7 Å². The van der Waals surface area contributed by atoms with Crippen LogP contribution >= 0.6 is 0 Å². The van der Waals surface area contributed by atoms with Crippen molar-refractivity contribution in [1.82, 2.24) is 20.2 Å². The average Bonchev–Trinajstić information content (AvgIpc) is 2.84. The summed E-state index contributed by atoms with van der Waals surface area (Å²) in [6.07, 6.45) is 7.11. The fourth-order valence-electron chi connectivity index (χ4n) is 4.70. The number of piperidine rings is 1. The molecule has 4 heterocycles. The van der Waals surface area contributed by atoms with E-state index in [1.165, 1.54) is 18.4 Å². The van der Waals surface area contributed by atoms with E-state index in [1.54, 1.807) is 0 Å². The number of anilines is 2. The van der Waals surface area contributed by atoms with Gasteiger partial charge in [0.25, 0.3) is 0 Å². The van der Waals surface area contributed by atoms with E-state index in [9.17, 15) is 4.79 Å². The molecule has 5 rings (SSSR count). The highest BCUT2D eigenvalue weighted by atomic mass is 16.1. The van der Waals surface area contributed by atoms with Gasteiger partial charge >= 0.3 is 0 Å². The minimum absolute atomic E-state index is 0.446. The van der Waals surface area contributed by atoms with Gasteiger partial charge in [0, 0.05) is 16.9 Å². The number of hydrogen-bond acceptors (Lipinski definition) is 6. The molecule has 2 aliphatic heterocycles. The van der Waals surface area contributed by atoms with Crippen LogP contribution in [0, 0.1) is 6.92 Å². The fraction of sp³-hybridized carbons (Fsp3) is 0.296. The molecule has 0 aliphatic carbocycles. The lowest BCUT2D eigenvalue weighted by Crippen LogP contribution is -2.29. The topological polar surface area (TPSA) is 70.2 Å². The lowest BCUT2D eigenvalue weighted by Gasteiger charge is -2.29. The van der Waals surface area contributed by atoms with Crippen molar-refractivity contribution in [3.63, 3.8) is 0 Å². The molecule has 33 heavy (non-hydrogen) atoms. The number of aryl methyl sites for hydroxylation is 1. The molecule has 0 spiro atoms. The molecule has 0 amide bonds. The van der Waals surface area contributed by atoms with Crippen molar-refractivity contribution < 1.29 is 4.79 Å². The van der Waals surface area contributed by atoms with Gasteiger partial charge in [0.05, 0.1) is 11.4 Å². The molecule has 6 heteroatoms. The number of nitrogens with zero attached hydrogens (tertiary/aromatic N) is 3. The van der Waals surface area contributed by atoms with Crippen LogP contribution in [-0.4, -0.2) is 41.3 Å². The van der Waals surface area contributed by atoms with E-state index in [0.717, 1.165) is 53.3 Å². The Morgan fingerprint density at radius 3 is 2.58 bits per heavy atom. The molecule has 0 radical (unpaired) electrons. The van der Waals surface area contributed by atoms with Gasteiger partial charge in [-0.15, -0.1) is 0 Å². The molecule has 2 aromatic heterocycles. The fourth-order valence-corrected chi connectivity index (χ4v) is 4.70. The summed E-state index contributed by atoms with van der Waals surface area (Å²) in [7, 11) is 2.19. The number of aromatic nitrogens is 2. The maximum absolute atomic E-state index is 11.8. The molecule has 1 saturated heterocycles. The molecule has 6 nitrogen and oxygen atoms in total. The van der Waals surface area contributed by atoms with Crippen LogP contribution in [0.4, 0.5) is 11.5 Å². The lowest BCUT2D eigenvalue weighted by atomic mass is 9.89. The highest BCUT2D eigenvalue weighted by Gasteiger charge is 2.23. The number of likely N-dealkylation sites (tertiary alicyclic amines) is 1. The second-order valence-corrected chi connectivity index (χ2v) is 8.96. The van der Waals surface area contributed by atoms with Crippen molar-refractivity contribution in [3.05, 3.63) is 77.1 Å². The molecular formula is C27H29N5O. The van der Waals surface area contributed by atoms with Crippen molar-refractivity contribution in [1.29, 1.82) is 0 Å². The Labute approximate surface area is 194 Å². The SMILES string of the molecule is Cc1cccc(-c2cc3c(c(Nc4ccc(C5CCN(C)CC5)cc4)n2)C(C=O)NC=C3)n1.